The first kappa shape index (κ1) is 22.6. The molecule has 32 heavy (non-hydrogen) atoms. The van der Waals surface area contributed by atoms with E-state index in [-0.39, 0.29) is 31.5 Å². The summed E-state index contributed by atoms with van der Waals surface area (Å²) in [5, 5.41) is 12.1. The fourth-order valence-electron chi connectivity index (χ4n) is 3.21. The molecule has 0 aliphatic heterocycles. The second-order valence-corrected chi connectivity index (χ2v) is 7.03. The van der Waals surface area contributed by atoms with Crippen LogP contribution in [0.15, 0.2) is 78.9 Å². The Morgan fingerprint density at radius 1 is 1.00 bits per heavy atom. The van der Waals surface area contributed by atoms with Gasteiger partial charge in [0.2, 0.25) is 0 Å². The van der Waals surface area contributed by atoms with E-state index in [1.165, 1.54) is 0 Å². The smallest absolute Gasteiger partial charge is 0.308 e. The number of nitrogens with zero attached hydrogens (tertiary/aromatic N) is 1. The van der Waals surface area contributed by atoms with Gasteiger partial charge >= 0.3 is 5.97 Å². The second-order valence-electron chi connectivity index (χ2n) is 7.03. The number of rotatable bonds is 9. The SMILES string of the molecule is CCOC(=O)CC(NC(=O)c1cccc(OCc2ccccc2C#N)c1)c1ccccc1. The molecule has 1 amide bonds. The molecule has 1 unspecified atom stereocenters. The van der Waals surface area contributed by atoms with Crippen LogP contribution in [0, 0.1) is 11.3 Å². The number of esters is 1. The molecule has 0 radical (unpaired) electrons. The third-order valence-corrected chi connectivity index (χ3v) is 4.81. The van der Waals surface area contributed by atoms with Gasteiger partial charge in [0.25, 0.3) is 5.91 Å². The zero-order chi connectivity index (χ0) is 22.8. The Labute approximate surface area is 187 Å². The molecular formula is C26H24N2O4. The van der Waals surface area contributed by atoms with Gasteiger partial charge in [-0.15, -0.1) is 0 Å². The van der Waals surface area contributed by atoms with Gasteiger partial charge in [-0.25, -0.2) is 0 Å². The van der Waals surface area contributed by atoms with Crippen LogP contribution in [-0.2, 0) is 16.1 Å². The van der Waals surface area contributed by atoms with Gasteiger partial charge in [-0.3, -0.25) is 9.59 Å². The standard InChI is InChI=1S/C26H24N2O4/c1-2-31-25(29)16-24(19-9-4-3-5-10-19)28-26(30)20-13-8-14-23(15-20)32-18-22-12-7-6-11-21(22)17-27/h3-15,24H,2,16,18H2,1H3,(H,28,30). The molecule has 0 heterocycles. The molecule has 0 fully saturated rings. The van der Waals surface area contributed by atoms with Gasteiger partial charge in [0.15, 0.2) is 0 Å². The van der Waals surface area contributed by atoms with E-state index in [9.17, 15) is 14.9 Å². The molecule has 162 valence electrons. The third kappa shape index (κ3) is 6.19. The van der Waals surface area contributed by atoms with E-state index in [0.29, 0.717) is 16.9 Å². The molecule has 6 nitrogen and oxygen atoms in total. The summed E-state index contributed by atoms with van der Waals surface area (Å²) in [7, 11) is 0. The summed E-state index contributed by atoms with van der Waals surface area (Å²) in [6.45, 7) is 2.24. The molecule has 0 saturated carbocycles. The molecule has 3 rings (SSSR count). The average molecular weight is 428 g/mol. The summed E-state index contributed by atoms with van der Waals surface area (Å²) < 4.78 is 10.9. The fourth-order valence-corrected chi connectivity index (χ4v) is 3.21. The first-order valence-corrected chi connectivity index (χ1v) is 10.3. The zero-order valence-electron chi connectivity index (χ0n) is 17.8. The highest BCUT2D eigenvalue weighted by molar-refractivity contribution is 5.95. The van der Waals surface area contributed by atoms with Gasteiger partial charge in [-0.05, 0) is 36.8 Å². The van der Waals surface area contributed by atoms with E-state index in [1.807, 2.05) is 42.5 Å². The summed E-state index contributed by atoms with van der Waals surface area (Å²) in [5.41, 5.74) is 2.53. The molecule has 0 aliphatic rings. The number of carbonyl (C=O) groups is 2. The molecule has 0 aliphatic carbocycles. The first-order valence-electron chi connectivity index (χ1n) is 10.3. The van der Waals surface area contributed by atoms with Crippen LogP contribution in [0.4, 0.5) is 0 Å². The van der Waals surface area contributed by atoms with Crippen LogP contribution < -0.4 is 10.1 Å². The summed E-state index contributed by atoms with van der Waals surface area (Å²) >= 11 is 0. The quantitative estimate of drug-likeness (QED) is 0.505. The van der Waals surface area contributed by atoms with Crippen molar-refractivity contribution in [2.75, 3.05) is 6.61 Å². The lowest BCUT2D eigenvalue weighted by atomic mass is 10.0. The molecule has 6 heteroatoms. The highest BCUT2D eigenvalue weighted by atomic mass is 16.5. The maximum Gasteiger partial charge on any atom is 0.308 e. The lowest BCUT2D eigenvalue weighted by Gasteiger charge is -2.19. The fraction of sp³-hybridized carbons (Fsp3) is 0.192. The Kier molecular flexibility index (Phi) is 7.99. The maximum absolute atomic E-state index is 12.9. The molecular weight excluding hydrogens is 404 g/mol. The minimum Gasteiger partial charge on any atom is -0.489 e. The Morgan fingerprint density at radius 3 is 2.50 bits per heavy atom. The number of hydrogen-bond donors (Lipinski definition) is 1. The molecule has 0 spiro atoms. The number of carbonyl (C=O) groups excluding carboxylic acids is 2. The molecule has 0 saturated heterocycles. The molecule has 3 aromatic rings. The van der Waals surface area contributed by atoms with Gasteiger partial charge < -0.3 is 14.8 Å². The monoisotopic (exact) mass is 428 g/mol. The highest BCUT2D eigenvalue weighted by Crippen LogP contribution is 2.20. The Morgan fingerprint density at radius 2 is 1.75 bits per heavy atom. The first-order chi connectivity index (χ1) is 15.6. The second kappa shape index (κ2) is 11.3. The van der Waals surface area contributed by atoms with Crippen LogP contribution >= 0.6 is 0 Å². The zero-order valence-corrected chi connectivity index (χ0v) is 17.8. The molecule has 0 bridgehead atoms. The number of amides is 1. The average Bonchev–Trinajstić information content (AvgIpc) is 2.83. The lowest BCUT2D eigenvalue weighted by Crippen LogP contribution is -2.30. The molecule has 0 aromatic heterocycles. The van der Waals surface area contributed by atoms with Crippen LogP contribution in [-0.4, -0.2) is 18.5 Å². The van der Waals surface area contributed by atoms with Crippen molar-refractivity contribution in [3.63, 3.8) is 0 Å². The van der Waals surface area contributed by atoms with E-state index < -0.39 is 6.04 Å². The minimum atomic E-state index is -0.519. The van der Waals surface area contributed by atoms with Crippen molar-refractivity contribution in [2.24, 2.45) is 0 Å². The molecule has 3 aromatic carbocycles. The van der Waals surface area contributed by atoms with Gasteiger partial charge in [-0.1, -0.05) is 54.6 Å². The van der Waals surface area contributed by atoms with Crippen molar-refractivity contribution >= 4 is 11.9 Å². The van der Waals surface area contributed by atoms with E-state index in [4.69, 9.17) is 9.47 Å². The largest absolute Gasteiger partial charge is 0.489 e. The Hall–Kier alpha value is -4.11. The van der Waals surface area contributed by atoms with Gasteiger partial charge in [-0.2, -0.15) is 5.26 Å². The topological polar surface area (TPSA) is 88.4 Å². The van der Waals surface area contributed by atoms with Gasteiger partial charge in [0.05, 0.1) is 30.7 Å². The number of nitrogens with one attached hydrogen (secondary N) is 1. The van der Waals surface area contributed by atoms with E-state index in [1.54, 1.807) is 43.3 Å². The summed E-state index contributed by atoms with van der Waals surface area (Å²) in [6.07, 6.45) is 0.0325. The Balaban J connectivity index is 1.71. The third-order valence-electron chi connectivity index (χ3n) is 4.81. The Bertz CT molecular complexity index is 1110. The predicted molar refractivity (Wildman–Crippen MR) is 120 cm³/mol. The van der Waals surface area contributed by atoms with Crippen molar-refractivity contribution < 1.29 is 19.1 Å². The van der Waals surface area contributed by atoms with Crippen molar-refractivity contribution in [1.29, 1.82) is 5.26 Å². The van der Waals surface area contributed by atoms with Crippen LogP contribution in [0.2, 0.25) is 0 Å². The van der Waals surface area contributed by atoms with Crippen molar-refractivity contribution in [2.45, 2.75) is 26.0 Å². The van der Waals surface area contributed by atoms with Gasteiger partial charge in [0.1, 0.15) is 12.4 Å². The van der Waals surface area contributed by atoms with E-state index in [2.05, 4.69) is 11.4 Å². The highest BCUT2D eigenvalue weighted by Gasteiger charge is 2.20. The van der Waals surface area contributed by atoms with Crippen LogP contribution in [0.1, 0.15) is 46.4 Å². The van der Waals surface area contributed by atoms with Crippen molar-refractivity contribution in [1.82, 2.24) is 5.32 Å². The normalized spacial score (nSPS) is 11.1. The number of hydrogen-bond acceptors (Lipinski definition) is 5. The molecule has 1 N–H and O–H groups in total. The van der Waals surface area contributed by atoms with Crippen molar-refractivity contribution in [3.05, 3.63) is 101 Å². The van der Waals surface area contributed by atoms with E-state index in [0.717, 1.165) is 11.1 Å². The van der Waals surface area contributed by atoms with Crippen LogP contribution in [0.25, 0.3) is 0 Å². The minimum absolute atomic E-state index is 0.0325. The van der Waals surface area contributed by atoms with E-state index >= 15 is 0 Å². The number of ether oxygens (including phenoxy) is 2. The summed E-state index contributed by atoms with van der Waals surface area (Å²) in [5.74, 6) is -0.201. The van der Waals surface area contributed by atoms with Crippen LogP contribution in [0.3, 0.4) is 0 Å². The summed E-state index contributed by atoms with van der Waals surface area (Å²) in [4.78, 5) is 25.0. The summed E-state index contributed by atoms with van der Waals surface area (Å²) in [6, 6.07) is 24.9. The van der Waals surface area contributed by atoms with Crippen molar-refractivity contribution in [3.8, 4) is 11.8 Å². The van der Waals surface area contributed by atoms with Crippen LogP contribution in [0.5, 0.6) is 5.75 Å². The maximum atomic E-state index is 12.9. The number of benzene rings is 3. The predicted octanol–water partition coefficient (Wildman–Crippen LogP) is 4.56. The number of nitriles is 1. The molecule has 1 atom stereocenters. The lowest BCUT2D eigenvalue weighted by molar-refractivity contribution is -0.143. The van der Waals surface area contributed by atoms with Gasteiger partial charge in [0, 0.05) is 11.1 Å².